The van der Waals surface area contributed by atoms with E-state index in [1.807, 2.05) is 24.3 Å². The molecule has 5 nitrogen and oxygen atoms in total. The molecular formula is C14H15N3O2. The Morgan fingerprint density at radius 3 is 2.74 bits per heavy atom. The van der Waals surface area contributed by atoms with Gasteiger partial charge >= 0.3 is 0 Å². The first kappa shape index (κ1) is 13.0. The number of nitro groups is 1. The van der Waals surface area contributed by atoms with Gasteiger partial charge in [0.25, 0.3) is 5.69 Å². The third-order valence-corrected chi connectivity index (χ3v) is 2.91. The van der Waals surface area contributed by atoms with Gasteiger partial charge in [-0.1, -0.05) is 25.1 Å². The summed E-state index contributed by atoms with van der Waals surface area (Å²) in [7, 11) is 1.69. The number of nitrogens with zero attached hydrogens (tertiary/aromatic N) is 2. The third kappa shape index (κ3) is 2.88. The molecular weight excluding hydrogens is 242 g/mol. The van der Waals surface area contributed by atoms with Crippen LogP contribution in [0.4, 0.5) is 11.5 Å². The molecule has 19 heavy (non-hydrogen) atoms. The maximum Gasteiger partial charge on any atom is 0.275 e. The summed E-state index contributed by atoms with van der Waals surface area (Å²) in [6.45, 7) is 2.07. The van der Waals surface area contributed by atoms with Crippen LogP contribution >= 0.6 is 0 Å². The molecule has 0 aliphatic rings. The number of pyridine rings is 1. The number of nitrogens with one attached hydrogen (secondary N) is 1. The molecule has 1 aromatic heterocycles. The van der Waals surface area contributed by atoms with E-state index >= 15 is 0 Å². The summed E-state index contributed by atoms with van der Waals surface area (Å²) in [5, 5.41) is 13.8. The second kappa shape index (κ2) is 5.48. The highest BCUT2D eigenvalue weighted by molar-refractivity contribution is 5.65. The topological polar surface area (TPSA) is 68.1 Å². The average molecular weight is 257 g/mol. The molecule has 0 fully saturated rings. The Kier molecular flexibility index (Phi) is 3.75. The molecule has 2 rings (SSSR count). The van der Waals surface area contributed by atoms with Crippen molar-refractivity contribution >= 4 is 11.5 Å². The van der Waals surface area contributed by atoms with E-state index in [0.717, 1.165) is 12.0 Å². The minimum Gasteiger partial charge on any atom is -0.373 e. The molecule has 0 spiro atoms. The van der Waals surface area contributed by atoms with Crippen LogP contribution < -0.4 is 5.32 Å². The lowest BCUT2D eigenvalue weighted by Crippen LogP contribution is -1.97. The maximum atomic E-state index is 10.9. The molecule has 98 valence electrons. The Hall–Kier alpha value is -2.43. The number of hydrogen-bond acceptors (Lipinski definition) is 4. The summed E-state index contributed by atoms with van der Waals surface area (Å²) in [6, 6.07) is 10.8. The predicted molar refractivity (Wildman–Crippen MR) is 75.3 cm³/mol. The lowest BCUT2D eigenvalue weighted by molar-refractivity contribution is -0.384. The highest BCUT2D eigenvalue weighted by Crippen LogP contribution is 2.25. The first-order valence-electron chi connectivity index (χ1n) is 6.07. The van der Waals surface area contributed by atoms with E-state index in [1.165, 1.54) is 17.7 Å². The zero-order chi connectivity index (χ0) is 13.8. The first-order chi connectivity index (χ1) is 9.13. The zero-order valence-corrected chi connectivity index (χ0v) is 10.9. The summed E-state index contributed by atoms with van der Waals surface area (Å²) in [6.07, 6.45) is 0.918. The quantitative estimate of drug-likeness (QED) is 0.674. The van der Waals surface area contributed by atoms with Gasteiger partial charge < -0.3 is 5.32 Å². The number of benzene rings is 1. The van der Waals surface area contributed by atoms with Crippen LogP contribution in [0.2, 0.25) is 0 Å². The third-order valence-electron chi connectivity index (χ3n) is 2.91. The van der Waals surface area contributed by atoms with Gasteiger partial charge in [0, 0.05) is 18.7 Å². The van der Waals surface area contributed by atoms with Crippen molar-refractivity contribution < 1.29 is 4.92 Å². The van der Waals surface area contributed by atoms with Crippen molar-refractivity contribution in [2.75, 3.05) is 12.4 Å². The molecule has 0 aliphatic heterocycles. The van der Waals surface area contributed by atoms with E-state index in [4.69, 9.17) is 0 Å². The minimum atomic E-state index is -0.407. The Morgan fingerprint density at radius 1 is 1.32 bits per heavy atom. The summed E-state index contributed by atoms with van der Waals surface area (Å²) in [5.74, 6) is 0.492. The molecule has 1 heterocycles. The Morgan fingerprint density at radius 2 is 2.11 bits per heavy atom. The maximum absolute atomic E-state index is 10.9. The van der Waals surface area contributed by atoms with Gasteiger partial charge in [-0.05, 0) is 18.1 Å². The largest absolute Gasteiger partial charge is 0.373 e. The lowest BCUT2D eigenvalue weighted by atomic mass is 10.1. The SMILES string of the molecule is CCc1cccc(-c2cc([N+](=O)[O-])cc(NC)n2)c1. The fourth-order valence-electron chi connectivity index (χ4n) is 1.85. The van der Waals surface area contributed by atoms with Crippen molar-refractivity contribution in [2.45, 2.75) is 13.3 Å². The fourth-order valence-corrected chi connectivity index (χ4v) is 1.85. The van der Waals surface area contributed by atoms with Crippen molar-refractivity contribution in [1.82, 2.24) is 4.98 Å². The fraction of sp³-hybridized carbons (Fsp3) is 0.214. The number of rotatable bonds is 4. The number of aromatic nitrogens is 1. The second-order valence-electron chi connectivity index (χ2n) is 4.16. The normalized spacial score (nSPS) is 10.2. The van der Waals surface area contributed by atoms with Gasteiger partial charge in [0.15, 0.2) is 0 Å². The van der Waals surface area contributed by atoms with Crippen LogP contribution in [0.25, 0.3) is 11.3 Å². The average Bonchev–Trinajstić information content (AvgIpc) is 2.46. The zero-order valence-electron chi connectivity index (χ0n) is 10.9. The molecule has 5 heteroatoms. The lowest BCUT2D eigenvalue weighted by Gasteiger charge is -2.06. The second-order valence-corrected chi connectivity index (χ2v) is 4.16. The monoisotopic (exact) mass is 257 g/mol. The van der Waals surface area contributed by atoms with Crippen molar-refractivity contribution in [1.29, 1.82) is 0 Å². The van der Waals surface area contributed by atoms with Crippen LogP contribution in [0.5, 0.6) is 0 Å². The molecule has 0 bridgehead atoms. The molecule has 0 aliphatic carbocycles. The van der Waals surface area contributed by atoms with Crippen LogP contribution in [0.15, 0.2) is 36.4 Å². The van der Waals surface area contributed by atoms with Crippen LogP contribution in [-0.2, 0) is 6.42 Å². The number of anilines is 1. The van der Waals surface area contributed by atoms with Crippen LogP contribution in [-0.4, -0.2) is 17.0 Å². The molecule has 1 aromatic carbocycles. The van der Waals surface area contributed by atoms with E-state index in [1.54, 1.807) is 7.05 Å². The summed E-state index contributed by atoms with van der Waals surface area (Å²) in [4.78, 5) is 14.9. The van der Waals surface area contributed by atoms with Gasteiger partial charge in [0.1, 0.15) is 5.82 Å². The van der Waals surface area contributed by atoms with Crippen molar-refractivity contribution in [3.8, 4) is 11.3 Å². The smallest absolute Gasteiger partial charge is 0.275 e. The van der Waals surface area contributed by atoms with Crippen LogP contribution in [0.3, 0.4) is 0 Å². The standard InChI is InChI=1S/C14H15N3O2/c1-3-10-5-4-6-11(7-10)13-8-12(17(18)19)9-14(15-2)16-13/h4-9H,3H2,1-2H3,(H,15,16). The Labute approximate surface area is 111 Å². The highest BCUT2D eigenvalue weighted by Gasteiger charge is 2.12. The van der Waals surface area contributed by atoms with E-state index in [2.05, 4.69) is 17.2 Å². The molecule has 1 N–H and O–H groups in total. The minimum absolute atomic E-state index is 0.0382. The molecule has 0 atom stereocenters. The van der Waals surface area contributed by atoms with Crippen LogP contribution in [0, 0.1) is 10.1 Å². The molecule has 0 radical (unpaired) electrons. The Bertz CT molecular complexity index is 611. The van der Waals surface area contributed by atoms with Crippen molar-refractivity contribution in [3.05, 3.63) is 52.1 Å². The van der Waals surface area contributed by atoms with E-state index in [0.29, 0.717) is 11.5 Å². The molecule has 0 saturated heterocycles. The van der Waals surface area contributed by atoms with Crippen LogP contribution in [0.1, 0.15) is 12.5 Å². The molecule has 2 aromatic rings. The van der Waals surface area contributed by atoms with Gasteiger partial charge in [0.2, 0.25) is 0 Å². The van der Waals surface area contributed by atoms with Crippen molar-refractivity contribution in [2.24, 2.45) is 0 Å². The van der Waals surface area contributed by atoms with Gasteiger partial charge in [0.05, 0.1) is 16.7 Å². The molecule has 0 unspecified atom stereocenters. The van der Waals surface area contributed by atoms with Gasteiger partial charge in [-0.3, -0.25) is 10.1 Å². The Balaban J connectivity index is 2.53. The van der Waals surface area contributed by atoms with Gasteiger partial charge in [-0.15, -0.1) is 0 Å². The van der Waals surface area contributed by atoms with Crippen molar-refractivity contribution in [3.63, 3.8) is 0 Å². The number of hydrogen-bond donors (Lipinski definition) is 1. The number of aryl methyl sites for hydroxylation is 1. The van der Waals surface area contributed by atoms with E-state index in [-0.39, 0.29) is 5.69 Å². The van der Waals surface area contributed by atoms with E-state index in [9.17, 15) is 10.1 Å². The highest BCUT2D eigenvalue weighted by atomic mass is 16.6. The van der Waals surface area contributed by atoms with Gasteiger partial charge in [-0.25, -0.2) is 4.98 Å². The van der Waals surface area contributed by atoms with E-state index < -0.39 is 4.92 Å². The molecule has 0 saturated carbocycles. The molecule has 0 amide bonds. The summed E-state index contributed by atoms with van der Waals surface area (Å²) < 4.78 is 0. The van der Waals surface area contributed by atoms with Gasteiger partial charge in [-0.2, -0.15) is 0 Å². The summed E-state index contributed by atoms with van der Waals surface area (Å²) in [5.41, 5.74) is 2.71. The summed E-state index contributed by atoms with van der Waals surface area (Å²) >= 11 is 0. The first-order valence-corrected chi connectivity index (χ1v) is 6.07. The predicted octanol–water partition coefficient (Wildman–Crippen LogP) is 3.26.